The van der Waals surface area contributed by atoms with Gasteiger partial charge in [0.2, 0.25) is 5.95 Å². The monoisotopic (exact) mass is 374 g/mol. The molecule has 5 heterocycles. The standard InChI is InChI=1S/C21H19FN6/c22-17-13-24-8-6-15(17)16-11-18-20(26-19(16)14-5-4-7-23-12-14)27-21(25-18)28-9-2-1-3-10-28/h4-8,11-13H,1-3,9-10H2,(H,25,26,27). The molecule has 1 aliphatic heterocycles. The van der Waals surface area contributed by atoms with Gasteiger partial charge in [-0.3, -0.25) is 9.97 Å². The van der Waals surface area contributed by atoms with Gasteiger partial charge in [0.05, 0.1) is 17.4 Å². The summed E-state index contributed by atoms with van der Waals surface area (Å²) in [7, 11) is 0. The molecule has 0 radical (unpaired) electrons. The quantitative estimate of drug-likeness (QED) is 0.582. The molecule has 5 rings (SSSR count). The fraction of sp³-hybridized carbons (Fsp3) is 0.238. The largest absolute Gasteiger partial charge is 0.342 e. The first kappa shape index (κ1) is 16.8. The third-order valence-electron chi connectivity index (χ3n) is 5.11. The van der Waals surface area contributed by atoms with Gasteiger partial charge in [-0.05, 0) is 43.5 Å². The molecule has 4 aromatic rings. The van der Waals surface area contributed by atoms with Crippen LogP contribution in [0.5, 0.6) is 0 Å². The Bertz CT molecular complexity index is 1120. The van der Waals surface area contributed by atoms with Gasteiger partial charge in [0, 0.05) is 48.4 Å². The minimum atomic E-state index is -0.385. The van der Waals surface area contributed by atoms with Crippen LogP contribution in [0.1, 0.15) is 19.3 Å². The number of hydrogen-bond donors (Lipinski definition) is 1. The smallest absolute Gasteiger partial charge is 0.205 e. The molecule has 0 spiro atoms. The summed E-state index contributed by atoms with van der Waals surface area (Å²) in [4.78, 5) is 23.2. The fourth-order valence-corrected chi connectivity index (χ4v) is 3.71. The summed E-state index contributed by atoms with van der Waals surface area (Å²) in [5, 5.41) is 0. The van der Waals surface area contributed by atoms with Crippen molar-refractivity contribution in [1.29, 1.82) is 0 Å². The number of anilines is 1. The van der Waals surface area contributed by atoms with Gasteiger partial charge in [-0.15, -0.1) is 0 Å². The van der Waals surface area contributed by atoms with E-state index in [4.69, 9.17) is 9.97 Å². The molecule has 1 saturated heterocycles. The van der Waals surface area contributed by atoms with Crippen LogP contribution in [-0.4, -0.2) is 38.0 Å². The van der Waals surface area contributed by atoms with Crippen LogP contribution in [0, 0.1) is 5.82 Å². The summed E-state index contributed by atoms with van der Waals surface area (Å²) in [6, 6.07) is 7.35. The number of H-pyrrole nitrogens is 1. The number of imidazole rings is 1. The van der Waals surface area contributed by atoms with Crippen molar-refractivity contribution in [3.63, 3.8) is 0 Å². The number of rotatable bonds is 3. The molecule has 1 aliphatic rings. The number of aromatic nitrogens is 5. The van der Waals surface area contributed by atoms with Crippen molar-refractivity contribution >= 4 is 17.1 Å². The number of aromatic amines is 1. The Hall–Kier alpha value is -3.35. The zero-order chi connectivity index (χ0) is 18.9. The Balaban J connectivity index is 1.70. The molecule has 0 aromatic carbocycles. The van der Waals surface area contributed by atoms with Crippen LogP contribution in [0.4, 0.5) is 10.3 Å². The van der Waals surface area contributed by atoms with Crippen LogP contribution >= 0.6 is 0 Å². The second-order valence-corrected chi connectivity index (χ2v) is 6.96. The Morgan fingerprint density at radius 2 is 1.79 bits per heavy atom. The highest BCUT2D eigenvalue weighted by atomic mass is 19.1. The first-order valence-electron chi connectivity index (χ1n) is 9.45. The van der Waals surface area contributed by atoms with E-state index in [-0.39, 0.29) is 5.82 Å². The highest BCUT2D eigenvalue weighted by Crippen LogP contribution is 2.34. The Morgan fingerprint density at radius 1 is 0.929 bits per heavy atom. The number of piperidine rings is 1. The van der Waals surface area contributed by atoms with Crippen molar-refractivity contribution in [3.8, 4) is 22.4 Å². The first-order chi connectivity index (χ1) is 13.8. The number of hydrogen-bond acceptors (Lipinski definition) is 5. The minimum Gasteiger partial charge on any atom is -0.342 e. The molecular formula is C21H19FN6. The molecule has 28 heavy (non-hydrogen) atoms. The second kappa shape index (κ2) is 6.99. The van der Waals surface area contributed by atoms with Crippen LogP contribution < -0.4 is 4.90 Å². The zero-order valence-electron chi connectivity index (χ0n) is 15.3. The average molecular weight is 374 g/mol. The SMILES string of the molecule is Fc1cnccc1-c1cc2[nH]c(N3CCCCC3)nc2nc1-c1cccnc1. The van der Waals surface area contributed by atoms with Gasteiger partial charge in [-0.25, -0.2) is 9.37 Å². The van der Waals surface area contributed by atoms with Crippen LogP contribution in [0.2, 0.25) is 0 Å². The van der Waals surface area contributed by atoms with E-state index < -0.39 is 0 Å². The van der Waals surface area contributed by atoms with E-state index in [1.807, 2.05) is 18.2 Å². The second-order valence-electron chi connectivity index (χ2n) is 6.96. The van der Waals surface area contributed by atoms with Crippen molar-refractivity contribution in [1.82, 2.24) is 24.9 Å². The van der Waals surface area contributed by atoms with Gasteiger partial charge in [-0.1, -0.05) is 0 Å². The van der Waals surface area contributed by atoms with E-state index in [0.29, 0.717) is 22.5 Å². The van der Waals surface area contributed by atoms with Crippen molar-refractivity contribution < 1.29 is 4.39 Å². The third kappa shape index (κ3) is 2.98. The predicted molar refractivity (Wildman–Crippen MR) is 106 cm³/mol. The van der Waals surface area contributed by atoms with Crippen LogP contribution in [0.3, 0.4) is 0 Å². The Labute approximate surface area is 161 Å². The van der Waals surface area contributed by atoms with Gasteiger partial charge in [0.1, 0.15) is 5.82 Å². The molecule has 0 unspecified atom stereocenters. The zero-order valence-corrected chi connectivity index (χ0v) is 15.3. The minimum absolute atomic E-state index is 0.385. The molecule has 7 heteroatoms. The van der Waals surface area contributed by atoms with E-state index in [9.17, 15) is 4.39 Å². The van der Waals surface area contributed by atoms with Gasteiger partial charge in [-0.2, -0.15) is 4.98 Å². The summed E-state index contributed by atoms with van der Waals surface area (Å²) in [6.45, 7) is 1.97. The van der Waals surface area contributed by atoms with E-state index in [1.165, 1.54) is 25.5 Å². The predicted octanol–water partition coefficient (Wildman–Crippen LogP) is 4.21. The lowest BCUT2D eigenvalue weighted by molar-refractivity contribution is 0.570. The molecule has 4 aromatic heterocycles. The summed E-state index contributed by atoms with van der Waals surface area (Å²) in [5.41, 5.74) is 4.03. The number of pyridine rings is 3. The summed E-state index contributed by atoms with van der Waals surface area (Å²) in [6.07, 6.45) is 9.83. The van der Waals surface area contributed by atoms with Crippen molar-refractivity contribution in [3.05, 3.63) is 54.9 Å². The van der Waals surface area contributed by atoms with Gasteiger partial charge < -0.3 is 9.88 Å². The normalized spacial score (nSPS) is 14.5. The van der Waals surface area contributed by atoms with Crippen molar-refractivity contribution in [2.24, 2.45) is 0 Å². The number of nitrogens with one attached hydrogen (secondary N) is 1. The molecule has 6 nitrogen and oxygen atoms in total. The molecule has 0 saturated carbocycles. The van der Waals surface area contributed by atoms with E-state index in [0.717, 1.165) is 30.1 Å². The molecule has 140 valence electrons. The summed E-state index contributed by atoms with van der Waals surface area (Å²) in [5.74, 6) is 0.441. The molecule has 1 fully saturated rings. The van der Waals surface area contributed by atoms with Crippen LogP contribution in [0.25, 0.3) is 33.5 Å². The van der Waals surface area contributed by atoms with E-state index in [2.05, 4.69) is 19.9 Å². The van der Waals surface area contributed by atoms with Crippen molar-refractivity contribution in [2.45, 2.75) is 19.3 Å². The lowest BCUT2D eigenvalue weighted by atomic mass is 10.0. The summed E-state index contributed by atoms with van der Waals surface area (Å²) >= 11 is 0. The molecule has 0 atom stereocenters. The maximum Gasteiger partial charge on any atom is 0.205 e. The Morgan fingerprint density at radius 3 is 2.57 bits per heavy atom. The topological polar surface area (TPSA) is 70.6 Å². The average Bonchev–Trinajstić information content (AvgIpc) is 3.18. The van der Waals surface area contributed by atoms with Crippen molar-refractivity contribution in [2.75, 3.05) is 18.0 Å². The first-order valence-corrected chi connectivity index (χ1v) is 9.45. The lowest BCUT2D eigenvalue weighted by Gasteiger charge is -2.25. The molecule has 0 amide bonds. The molecule has 0 bridgehead atoms. The molecular weight excluding hydrogens is 355 g/mol. The number of halogens is 1. The molecule has 0 aliphatic carbocycles. The Kier molecular flexibility index (Phi) is 4.20. The summed E-state index contributed by atoms with van der Waals surface area (Å²) < 4.78 is 14.5. The number of fused-ring (bicyclic) bond motifs is 1. The maximum atomic E-state index is 14.5. The van der Waals surface area contributed by atoms with Gasteiger partial charge in [0.15, 0.2) is 5.65 Å². The number of nitrogens with zero attached hydrogens (tertiary/aromatic N) is 5. The van der Waals surface area contributed by atoms with Gasteiger partial charge >= 0.3 is 0 Å². The highest BCUT2D eigenvalue weighted by molar-refractivity contribution is 5.89. The lowest BCUT2D eigenvalue weighted by Crippen LogP contribution is -2.30. The van der Waals surface area contributed by atoms with Crippen LogP contribution in [0.15, 0.2) is 49.1 Å². The highest BCUT2D eigenvalue weighted by Gasteiger charge is 2.19. The fourth-order valence-electron chi connectivity index (χ4n) is 3.71. The van der Waals surface area contributed by atoms with Crippen LogP contribution in [-0.2, 0) is 0 Å². The van der Waals surface area contributed by atoms with Gasteiger partial charge in [0.25, 0.3) is 0 Å². The van der Waals surface area contributed by atoms with E-state index in [1.54, 1.807) is 24.7 Å². The third-order valence-corrected chi connectivity index (χ3v) is 5.11. The maximum absolute atomic E-state index is 14.5. The van der Waals surface area contributed by atoms with E-state index >= 15 is 0 Å². The molecule has 1 N–H and O–H groups in total.